The molecule has 5 heteroatoms. The van der Waals surface area contributed by atoms with E-state index in [1.54, 1.807) is 0 Å². The normalized spacial score (nSPS) is 13.5. The van der Waals surface area contributed by atoms with Gasteiger partial charge in [0, 0.05) is 0 Å². The Morgan fingerprint density at radius 1 is 1.25 bits per heavy atom. The van der Waals surface area contributed by atoms with Crippen LogP contribution >= 0.6 is 0 Å². The summed E-state index contributed by atoms with van der Waals surface area (Å²) in [6, 6.07) is 8.27. The topological polar surface area (TPSA) is 98.2 Å². The zero-order valence-electron chi connectivity index (χ0n) is 11.5. The van der Waals surface area contributed by atoms with Crippen LogP contribution in [0.15, 0.2) is 30.3 Å². The van der Waals surface area contributed by atoms with E-state index in [0.717, 1.165) is 18.4 Å². The van der Waals surface area contributed by atoms with Gasteiger partial charge in [0.2, 0.25) is 12.2 Å². The van der Waals surface area contributed by atoms with E-state index in [1.165, 1.54) is 0 Å². The molecule has 0 saturated heterocycles. The molecule has 0 aliphatic rings. The lowest BCUT2D eigenvalue weighted by atomic mass is 10.1. The van der Waals surface area contributed by atoms with Crippen LogP contribution in [-0.4, -0.2) is 30.8 Å². The van der Waals surface area contributed by atoms with Crippen molar-refractivity contribution in [2.45, 2.75) is 37.8 Å². The molecule has 0 bridgehead atoms. The van der Waals surface area contributed by atoms with Gasteiger partial charge in [-0.25, -0.2) is 0 Å². The molecular formula is C15H22N3O2. The van der Waals surface area contributed by atoms with Crippen molar-refractivity contribution in [2.24, 2.45) is 11.5 Å². The third kappa shape index (κ3) is 5.95. The van der Waals surface area contributed by atoms with Gasteiger partial charge in [-0.3, -0.25) is 9.59 Å². The van der Waals surface area contributed by atoms with Crippen LogP contribution in [0.25, 0.3) is 0 Å². The summed E-state index contributed by atoms with van der Waals surface area (Å²) in [4.78, 5) is 22.7. The average Bonchev–Trinajstić information content (AvgIpc) is 2.47. The molecule has 5 nitrogen and oxygen atoms in total. The van der Waals surface area contributed by atoms with Crippen LogP contribution in [-0.2, 0) is 16.0 Å². The SMILES string of the molecule is NCCCC[C@H]([C]=O)NC(=O)[C@@H](N)Cc1ccccc1. The van der Waals surface area contributed by atoms with E-state index < -0.39 is 12.1 Å². The number of unbranched alkanes of at least 4 members (excludes halogenated alkanes) is 1. The first kappa shape index (κ1) is 16.3. The molecule has 0 spiro atoms. The maximum absolute atomic E-state index is 11.9. The zero-order chi connectivity index (χ0) is 14.8. The maximum Gasteiger partial charge on any atom is 0.237 e. The summed E-state index contributed by atoms with van der Waals surface area (Å²) in [6.45, 7) is 0.576. The number of amides is 1. The van der Waals surface area contributed by atoms with Crippen LogP contribution in [0.5, 0.6) is 0 Å². The lowest BCUT2D eigenvalue weighted by molar-refractivity contribution is -0.122. The Hall–Kier alpha value is -1.72. The highest BCUT2D eigenvalue weighted by molar-refractivity contribution is 5.84. The molecule has 0 aromatic heterocycles. The second kappa shape index (κ2) is 9.23. The fourth-order valence-electron chi connectivity index (χ4n) is 1.89. The molecule has 109 valence electrons. The van der Waals surface area contributed by atoms with Gasteiger partial charge in [-0.15, -0.1) is 0 Å². The summed E-state index contributed by atoms with van der Waals surface area (Å²) in [5, 5.41) is 2.62. The molecule has 0 heterocycles. The molecule has 0 saturated carbocycles. The van der Waals surface area contributed by atoms with Crippen LogP contribution in [0.1, 0.15) is 24.8 Å². The molecule has 0 fully saturated rings. The van der Waals surface area contributed by atoms with Crippen molar-refractivity contribution in [1.82, 2.24) is 5.32 Å². The summed E-state index contributed by atoms with van der Waals surface area (Å²) in [7, 11) is 0. The Balaban J connectivity index is 2.41. The lowest BCUT2D eigenvalue weighted by Crippen LogP contribution is -2.47. The van der Waals surface area contributed by atoms with Gasteiger partial charge in [-0.05, 0) is 37.8 Å². The van der Waals surface area contributed by atoms with E-state index in [0.29, 0.717) is 19.4 Å². The molecule has 0 aliphatic heterocycles. The number of carbonyl (C=O) groups excluding carboxylic acids is 2. The van der Waals surface area contributed by atoms with E-state index >= 15 is 0 Å². The number of nitrogens with one attached hydrogen (secondary N) is 1. The molecule has 5 N–H and O–H groups in total. The molecular weight excluding hydrogens is 254 g/mol. The third-order valence-corrected chi connectivity index (χ3v) is 3.04. The van der Waals surface area contributed by atoms with E-state index in [1.807, 2.05) is 36.6 Å². The van der Waals surface area contributed by atoms with Crippen molar-refractivity contribution in [2.75, 3.05) is 6.54 Å². The number of rotatable bonds is 9. The fraction of sp³-hybridized carbons (Fsp3) is 0.467. The second-order valence-electron chi connectivity index (χ2n) is 4.76. The van der Waals surface area contributed by atoms with E-state index in [9.17, 15) is 9.59 Å². The Bertz CT molecular complexity index is 409. The lowest BCUT2D eigenvalue weighted by Gasteiger charge is -2.16. The highest BCUT2D eigenvalue weighted by Crippen LogP contribution is 2.03. The summed E-state index contributed by atoms with van der Waals surface area (Å²) in [5.74, 6) is -0.324. The molecule has 0 unspecified atom stereocenters. The third-order valence-electron chi connectivity index (χ3n) is 3.04. The summed E-state index contributed by atoms with van der Waals surface area (Å²) < 4.78 is 0. The largest absolute Gasteiger partial charge is 0.344 e. The first-order valence-corrected chi connectivity index (χ1v) is 6.85. The van der Waals surface area contributed by atoms with Crippen LogP contribution in [0, 0.1) is 0 Å². The van der Waals surface area contributed by atoms with Gasteiger partial charge in [-0.1, -0.05) is 30.3 Å². The minimum atomic E-state index is -0.664. The predicted molar refractivity (Wildman–Crippen MR) is 78.7 cm³/mol. The van der Waals surface area contributed by atoms with Crippen molar-refractivity contribution >= 4 is 12.2 Å². The molecule has 1 aromatic rings. The van der Waals surface area contributed by atoms with E-state index in [2.05, 4.69) is 5.32 Å². The molecule has 1 radical (unpaired) electrons. The fourth-order valence-corrected chi connectivity index (χ4v) is 1.89. The van der Waals surface area contributed by atoms with Crippen LogP contribution < -0.4 is 16.8 Å². The summed E-state index contributed by atoms with van der Waals surface area (Å²) in [6.07, 6.45) is 4.43. The second-order valence-corrected chi connectivity index (χ2v) is 4.76. The minimum absolute atomic E-state index is 0.324. The van der Waals surface area contributed by atoms with Crippen molar-refractivity contribution < 1.29 is 9.59 Å². The average molecular weight is 276 g/mol. The van der Waals surface area contributed by atoms with E-state index in [-0.39, 0.29) is 5.91 Å². The van der Waals surface area contributed by atoms with Crippen LogP contribution in [0.2, 0.25) is 0 Å². The Morgan fingerprint density at radius 2 is 1.95 bits per heavy atom. The van der Waals surface area contributed by atoms with Crippen molar-refractivity contribution in [1.29, 1.82) is 0 Å². The van der Waals surface area contributed by atoms with Crippen molar-refractivity contribution in [3.63, 3.8) is 0 Å². The number of hydrogen-bond acceptors (Lipinski definition) is 4. The van der Waals surface area contributed by atoms with E-state index in [4.69, 9.17) is 11.5 Å². The van der Waals surface area contributed by atoms with Gasteiger partial charge in [-0.2, -0.15) is 0 Å². The summed E-state index contributed by atoms with van der Waals surface area (Å²) >= 11 is 0. The Morgan fingerprint density at radius 3 is 2.55 bits per heavy atom. The van der Waals surface area contributed by atoms with Gasteiger partial charge < -0.3 is 16.8 Å². The predicted octanol–water partition coefficient (Wildman–Crippen LogP) is 0.280. The molecule has 1 amide bonds. The highest BCUT2D eigenvalue weighted by atomic mass is 16.2. The maximum atomic E-state index is 11.9. The smallest absolute Gasteiger partial charge is 0.237 e. The number of benzene rings is 1. The quantitative estimate of drug-likeness (QED) is 0.564. The first-order valence-electron chi connectivity index (χ1n) is 6.85. The van der Waals surface area contributed by atoms with Crippen molar-refractivity contribution in [3.05, 3.63) is 35.9 Å². The minimum Gasteiger partial charge on any atom is -0.344 e. The number of nitrogens with two attached hydrogens (primary N) is 2. The molecule has 20 heavy (non-hydrogen) atoms. The van der Waals surface area contributed by atoms with Gasteiger partial charge >= 0.3 is 0 Å². The van der Waals surface area contributed by atoms with Gasteiger partial charge in [0.15, 0.2) is 0 Å². The Kier molecular flexibility index (Phi) is 7.54. The molecule has 2 atom stereocenters. The van der Waals surface area contributed by atoms with Gasteiger partial charge in [0.05, 0.1) is 12.1 Å². The molecule has 0 aliphatic carbocycles. The number of hydrogen-bond donors (Lipinski definition) is 3. The number of carbonyl (C=O) groups is 1. The highest BCUT2D eigenvalue weighted by Gasteiger charge is 2.18. The van der Waals surface area contributed by atoms with Crippen LogP contribution in [0.3, 0.4) is 0 Å². The Labute approximate surface area is 119 Å². The van der Waals surface area contributed by atoms with Gasteiger partial charge in [0.1, 0.15) is 0 Å². The standard InChI is InChI=1S/C15H22N3O2/c16-9-5-4-8-13(11-19)18-15(20)14(17)10-12-6-2-1-3-7-12/h1-3,6-7,13-14H,4-5,8-10,16-17H2,(H,18,20)/t13-,14+/m1/s1. The van der Waals surface area contributed by atoms with Crippen molar-refractivity contribution in [3.8, 4) is 0 Å². The first-order chi connectivity index (χ1) is 9.67. The summed E-state index contributed by atoms with van der Waals surface area (Å²) in [5.41, 5.74) is 12.2. The molecule has 1 rings (SSSR count). The van der Waals surface area contributed by atoms with Crippen LogP contribution in [0.4, 0.5) is 0 Å². The molecule has 1 aromatic carbocycles. The van der Waals surface area contributed by atoms with Gasteiger partial charge in [0.25, 0.3) is 0 Å². The monoisotopic (exact) mass is 276 g/mol. The zero-order valence-corrected chi connectivity index (χ0v) is 11.5.